The van der Waals surface area contributed by atoms with Crippen molar-refractivity contribution in [1.29, 1.82) is 0 Å². The van der Waals surface area contributed by atoms with Crippen molar-refractivity contribution in [2.75, 3.05) is 5.75 Å². The maximum absolute atomic E-state index is 13.1. The number of halogens is 1. The van der Waals surface area contributed by atoms with Crippen molar-refractivity contribution >= 4 is 40.2 Å². The Bertz CT molecular complexity index is 1060. The van der Waals surface area contributed by atoms with Crippen molar-refractivity contribution in [3.63, 3.8) is 0 Å². The average Bonchev–Trinajstić information content (AvgIpc) is 3.22. The Morgan fingerprint density at radius 3 is 2.86 bits per heavy atom. The number of nitrogens with zero attached hydrogens (tertiary/aromatic N) is 2. The highest BCUT2D eigenvalue weighted by Crippen LogP contribution is 2.22. The van der Waals surface area contributed by atoms with E-state index in [1.54, 1.807) is 35.1 Å². The molecule has 1 aromatic carbocycles. The predicted molar refractivity (Wildman–Crippen MR) is 115 cm³/mol. The van der Waals surface area contributed by atoms with E-state index in [0.29, 0.717) is 26.8 Å². The minimum atomic E-state index is -0.182. The SMILES string of the molecule is O=C(CSc1nc2cc(Cl)ccc2c(=O)n1Cc1ccco1)NC1CCCCC1. The number of benzene rings is 1. The summed E-state index contributed by atoms with van der Waals surface area (Å²) in [6, 6.07) is 8.86. The summed E-state index contributed by atoms with van der Waals surface area (Å²) in [5.41, 5.74) is 0.339. The van der Waals surface area contributed by atoms with E-state index in [2.05, 4.69) is 10.3 Å². The van der Waals surface area contributed by atoms with Gasteiger partial charge >= 0.3 is 0 Å². The summed E-state index contributed by atoms with van der Waals surface area (Å²) in [5.74, 6) is 0.815. The van der Waals surface area contributed by atoms with Crippen LogP contribution >= 0.6 is 23.4 Å². The van der Waals surface area contributed by atoms with E-state index >= 15 is 0 Å². The second-order valence-electron chi connectivity index (χ2n) is 7.22. The number of thioether (sulfide) groups is 1. The molecule has 152 valence electrons. The largest absolute Gasteiger partial charge is 0.467 e. The third kappa shape index (κ3) is 4.85. The van der Waals surface area contributed by atoms with Crippen molar-refractivity contribution in [2.24, 2.45) is 0 Å². The van der Waals surface area contributed by atoms with Gasteiger partial charge in [0.2, 0.25) is 5.91 Å². The fraction of sp³-hybridized carbons (Fsp3) is 0.381. The van der Waals surface area contributed by atoms with Crippen LogP contribution in [0.5, 0.6) is 0 Å². The molecule has 2 heterocycles. The quantitative estimate of drug-likeness (QED) is 0.466. The highest BCUT2D eigenvalue weighted by Gasteiger charge is 2.18. The van der Waals surface area contributed by atoms with E-state index in [-0.39, 0.29) is 29.8 Å². The number of hydrogen-bond donors (Lipinski definition) is 1. The lowest BCUT2D eigenvalue weighted by molar-refractivity contribution is -0.119. The molecule has 1 aliphatic carbocycles. The Morgan fingerprint density at radius 1 is 1.28 bits per heavy atom. The van der Waals surface area contributed by atoms with Crippen molar-refractivity contribution in [3.8, 4) is 0 Å². The molecule has 2 aromatic heterocycles. The predicted octanol–water partition coefficient (Wildman–Crippen LogP) is 4.23. The summed E-state index contributed by atoms with van der Waals surface area (Å²) in [7, 11) is 0. The molecule has 29 heavy (non-hydrogen) atoms. The summed E-state index contributed by atoms with van der Waals surface area (Å²) in [6.45, 7) is 0.254. The van der Waals surface area contributed by atoms with Crippen LogP contribution in [0.15, 0.2) is 51.0 Å². The molecule has 3 aromatic rings. The zero-order chi connectivity index (χ0) is 20.2. The Kier molecular flexibility index (Phi) is 6.25. The van der Waals surface area contributed by atoms with Crippen LogP contribution in [0.4, 0.5) is 0 Å². The highest BCUT2D eigenvalue weighted by atomic mass is 35.5. The first-order valence-corrected chi connectivity index (χ1v) is 11.1. The lowest BCUT2D eigenvalue weighted by Gasteiger charge is -2.22. The molecule has 1 amide bonds. The van der Waals surface area contributed by atoms with Crippen molar-refractivity contribution in [3.05, 3.63) is 57.7 Å². The van der Waals surface area contributed by atoms with Gasteiger partial charge in [-0.1, -0.05) is 42.6 Å². The van der Waals surface area contributed by atoms with Gasteiger partial charge in [0.25, 0.3) is 5.56 Å². The lowest BCUT2D eigenvalue weighted by atomic mass is 9.95. The van der Waals surface area contributed by atoms with Crippen molar-refractivity contribution < 1.29 is 9.21 Å². The van der Waals surface area contributed by atoms with Gasteiger partial charge in [0.15, 0.2) is 5.16 Å². The summed E-state index contributed by atoms with van der Waals surface area (Å²) in [4.78, 5) is 30.1. The number of hydrogen-bond acceptors (Lipinski definition) is 5. The molecular formula is C21H22ClN3O3S. The molecule has 0 spiro atoms. The van der Waals surface area contributed by atoms with E-state index < -0.39 is 0 Å². The molecule has 1 saturated carbocycles. The van der Waals surface area contributed by atoms with Gasteiger partial charge in [0.05, 0.1) is 29.5 Å². The van der Waals surface area contributed by atoms with Gasteiger partial charge in [-0.2, -0.15) is 0 Å². The normalized spacial score (nSPS) is 14.9. The molecule has 1 fully saturated rings. The number of fused-ring (bicyclic) bond motifs is 1. The number of nitrogens with one attached hydrogen (secondary N) is 1. The van der Waals surface area contributed by atoms with Gasteiger partial charge in [-0.3, -0.25) is 14.2 Å². The molecule has 0 radical (unpaired) electrons. The Labute approximate surface area is 177 Å². The Hall–Kier alpha value is -2.25. The molecule has 0 aliphatic heterocycles. The Morgan fingerprint density at radius 2 is 2.10 bits per heavy atom. The van der Waals surface area contributed by atoms with Gasteiger partial charge < -0.3 is 9.73 Å². The smallest absolute Gasteiger partial charge is 0.262 e. The first-order valence-electron chi connectivity index (χ1n) is 9.75. The van der Waals surface area contributed by atoms with Gasteiger partial charge in [-0.25, -0.2) is 4.98 Å². The van der Waals surface area contributed by atoms with E-state index in [0.717, 1.165) is 25.7 Å². The molecule has 4 rings (SSSR count). The zero-order valence-corrected chi connectivity index (χ0v) is 17.5. The minimum Gasteiger partial charge on any atom is -0.467 e. The maximum Gasteiger partial charge on any atom is 0.262 e. The number of aromatic nitrogens is 2. The van der Waals surface area contributed by atoms with Gasteiger partial charge in [0.1, 0.15) is 5.76 Å². The Balaban J connectivity index is 1.58. The topological polar surface area (TPSA) is 77.1 Å². The van der Waals surface area contributed by atoms with Gasteiger partial charge in [-0.05, 0) is 43.2 Å². The summed E-state index contributed by atoms with van der Waals surface area (Å²) in [6.07, 6.45) is 7.20. The monoisotopic (exact) mass is 431 g/mol. The van der Waals surface area contributed by atoms with Crippen LogP contribution in [-0.2, 0) is 11.3 Å². The number of amides is 1. The molecular weight excluding hydrogens is 410 g/mol. The van der Waals surface area contributed by atoms with Crippen molar-refractivity contribution in [1.82, 2.24) is 14.9 Å². The van der Waals surface area contributed by atoms with Crippen LogP contribution in [-0.4, -0.2) is 27.3 Å². The van der Waals surface area contributed by atoms with E-state index in [1.165, 1.54) is 18.2 Å². The maximum atomic E-state index is 13.1. The molecule has 0 unspecified atom stereocenters. The van der Waals surface area contributed by atoms with E-state index in [4.69, 9.17) is 16.0 Å². The lowest BCUT2D eigenvalue weighted by Crippen LogP contribution is -2.37. The van der Waals surface area contributed by atoms with E-state index in [9.17, 15) is 9.59 Å². The molecule has 0 atom stereocenters. The second-order valence-corrected chi connectivity index (χ2v) is 8.60. The summed E-state index contributed by atoms with van der Waals surface area (Å²) < 4.78 is 6.96. The fourth-order valence-electron chi connectivity index (χ4n) is 3.63. The van der Waals surface area contributed by atoms with Crippen LogP contribution in [0.2, 0.25) is 5.02 Å². The van der Waals surface area contributed by atoms with Gasteiger partial charge in [-0.15, -0.1) is 0 Å². The molecule has 1 aliphatic rings. The molecule has 1 N–H and O–H groups in total. The summed E-state index contributed by atoms with van der Waals surface area (Å²) >= 11 is 7.33. The zero-order valence-electron chi connectivity index (χ0n) is 15.9. The number of carbonyl (C=O) groups is 1. The number of carbonyl (C=O) groups excluding carboxylic acids is 1. The average molecular weight is 432 g/mol. The second kappa shape index (κ2) is 9.05. The van der Waals surface area contributed by atoms with E-state index in [1.807, 2.05) is 6.07 Å². The van der Waals surface area contributed by atoms with Crippen LogP contribution in [0.3, 0.4) is 0 Å². The van der Waals surface area contributed by atoms with Gasteiger partial charge in [0, 0.05) is 11.1 Å². The minimum absolute atomic E-state index is 0.0353. The van der Waals surface area contributed by atoms with Crippen LogP contribution in [0.1, 0.15) is 37.9 Å². The molecule has 0 saturated heterocycles. The van der Waals surface area contributed by atoms with Crippen LogP contribution in [0, 0.1) is 0 Å². The number of rotatable bonds is 6. The molecule has 8 heteroatoms. The number of furan rings is 1. The molecule has 6 nitrogen and oxygen atoms in total. The highest BCUT2D eigenvalue weighted by molar-refractivity contribution is 7.99. The first-order chi connectivity index (χ1) is 14.1. The standard InChI is InChI=1S/C21H22ClN3O3S/c22-14-8-9-17-18(11-14)24-21(25(20(17)27)12-16-7-4-10-28-16)29-13-19(26)23-15-5-2-1-3-6-15/h4,7-11,15H,1-3,5-6,12-13H2,(H,23,26). The third-order valence-corrected chi connectivity index (χ3v) is 6.29. The molecule has 0 bridgehead atoms. The summed E-state index contributed by atoms with van der Waals surface area (Å²) in [5, 5.41) is 4.57. The van der Waals surface area contributed by atoms with Crippen molar-refractivity contribution in [2.45, 2.75) is 49.8 Å². The third-order valence-electron chi connectivity index (χ3n) is 5.08. The first kappa shape index (κ1) is 20.0. The van der Waals surface area contributed by atoms with Crippen LogP contribution in [0.25, 0.3) is 10.9 Å². The fourth-order valence-corrected chi connectivity index (χ4v) is 4.60. The van der Waals surface area contributed by atoms with Crippen LogP contribution < -0.4 is 10.9 Å².